The van der Waals surface area contributed by atoms with Crippen LogP contribution in [0.4, 0.5) is 0 Å². The number of nitrogens with two attached hydrogens (primary N) is 1. The molecule has 0 bridgehead atoms. The minimum absolute atomic E-state index is 0.173. The van der Waals surface area contributed by atoms with Gasteiger partial charge in [0.25, 0.3) is 0 Å². The lowest BCUT2D eigenvalue weighted by atomic mass is 9.87. The zero-order valence-corrected chi connectivity index (χ0v) is 10.5. The van der Waals surface area contributed by atoms with Crippen molar-refractivity contribution in [2.24, 2.45) is 17.1 Å². The molecule has 2 aliphatic rings. The Morgan fingerprint density at radius 2 is 2.06 bits per heavy atom. The predicted octanol–water partition coefficient (Wildman–Crippen LogP) is 1.81. The van der Waals surface area contributed by atoms with Crippen molar-refractivity contribution in [2.75, 3.05) is 0 Å². The van der Waals surface area contributed by atoms with Crippen molar-refractivity contribution in [3.63, 3.8) is 0 Å². The van der Waals surface area contributed by atoms with Gasteiger partial charge in [-0.2, -0.15) is 0 Å². The van der Waals surface area contributed by atoms with Gasteiger partial charge >= 0.3 is 0 Å². The molecule has 0 aromatic carbocycles. The number of carbonyl (C=O) groups excluding carboxylic acids is 1. The highest BCUT2D eigenvalue weighted by atomic mass is 16.2. The Bertz CT molecular complexity index is 275. The van der Waals surface area contributed by atoms with Gasteiger partial charge in [-0.15, -0.1) is 0 Å². The molecule has 92 valence electrons. The van der Waals surface area contributed by atoms with E-state index in [9.17, 15) is 4.79 Å². The average Bonchev–Trinajstić information content (AvgIpc) is 2.74. The number of carbonyl (C=O) groups is 1. The fourth-order valence-electron chi connectivity index (χ4n) is 3.14. The molecule has 0 saturated heterocycles. The Kier molecular flexibility index (Phi) is 3.24. The van der Waals surface area contributed by atoms with Crippen LogP contribution < -0.4 is 11.1 Å². The SMILES string of the molecule is CC1(C)CCCC1NC(=O)C1CCC(N)C1. The quantitative estimate of drug-likeness (QED) is 0.751. The van der Waals surface area contributed by atoms with Crippen LogP contribution in [0.1, 0.15) is 52.4 Å². The highest BCUT2D eigenvalue weighted by Crippen LogP contribution is 2.37. The monoisotopic (exact) mass is 224 g/mol. The van der Waals surface area contributed by atoms with E-state index < -0.39 is 0 Å². The van der Waals surface area contributed by atoms with Crippen LogP contribution in [0.2, 0.25) is 0 Å². The summed E-state index contributed by atoms with van der Waals surface area (Å²) in [4.78, 5) is 12.1. The Morgan fingerprint density at radius 1 is 1.31 bits per heavy atom. The summed E-state index contributed by atoms with van der Waals surface area (Å²) in [6.45, 7) is 4.51. The fraction of sp³-hybridized carbons (Fsp3) is 0.923. The first-order chi connectivity index (χ1) is 7.49. The smallest absolute Gasteiger partial charge is 0.223 e. The normalized spacial score (nSPS) is 37.6. The molecule has 2 saturated carbocycles. The van der Waals surface area contributed by atoms with Crippen LogP contribution >= 0.6 is 0 Å². The van der Waals surface area contributed by atoms with Gasteiger partial charge in [-0.25, -0.2) is 0 Å². The maximum Gasteiger partial charge on any atom is 0.223 e. The minimum atomic E-state index is 0.173. The van der Waals surface area contributed by atoms with E-state index in [-0.39, 0.29) is 23.3 Å². The third-order valence-electron chi connectivity index (χ3n) is 4.42. The summed E-state index contributed by atoms with van der Waals surface area (Å²) in [7, 11) is 0. The molecule has 0 spiro atoms. The Labute approximate surface area is 98.2 Å². The molecule has 0 aliphatic heterocycles. The van der Waals surface area contributed by atoms with Gasteiger partial charge in [-0.05, 0) is 37.5 Å². The van der Waals surface area contributed by atoms with Crippen molar-refractivity contribution < 1.29 is 4.79 Å². The average molecular weight is 224 g/mol. The number of hydrogen-bond donors (Lipinski definition) is 2. The molecule has 0 heterocycles. The number of amides is 1. The van der Waals surface area contributed by atoms with Gasteiger partial charge in [0.2, 0.25) is 5.91 Å². The first-order valence-corrected chi connectivity index (χ1v) is 6.55. The molecule has 16 heavy (non-hydrogen) atoms. The van der Waals surface area contributed by atoms with Crippen LogP contribution in [0.5, 0.6) is 0 Å². The molecule has 0 aromatic rings. The van der Waals surface area contributed by atoms with E-state index >= 15 is 0 Å². The summed E-state index contributed by atoms with van der Waals surface area (Å²) < 4.78 is 0. The van der Waals surface area contributed by atoms with E-state index in [0.717, 1.165) is 25.7 Å². The lowest BCUT2D eigenvalue weighted by Gasteiger charge is -2.28. The van der Waals surface area contributed by atoms with Crippen molar-refractivity contribution in [1.82, 2.24) is 5.32 Å². The van der Waals surface area contributed by atoms with Crippen LogP contribution in [0.15, 0.2) is 0 Å². The molecule has 2 rings (SSSR count). The van der Waals surface area contributed by atoms with E-state index in [4.69, 9.17) is 5.73 Å². The first kappa shape index (κ1) is 11.9. The van der Waals surface area contributed by atoms with Crippen LogP contribution in [-0.2, 0) is 4.79 Å². The van der Waals surface area contributed by atoms with Crippen LogP contribution in [-0.4, -0.2) is 18.0 Å². The van der Waals surface area contributed by atoms with Crippen molar-refractivity contribution in [2.45, 2.75) is 64.5 Å². The standard InChI is InChI=1S/C13H24N2O/c1-13(2)7-3-4-11(13)15-12(16)9-5-6-10(14)8-9/h9-11H,3-8,14H2,1-2H3,(H,15,16). The second-order valence-electron chi connectivity index (χ2n) is 6.21. The predicted molar refractivity (Wildman–Crippen MR) is 64.9 cm³/mol. The summed E-state index contributed by atoms with van der Waals surface area (Å²) in [6, 6.07) is 0.615. The molecule has 2 aliphatic carbocycles. The van der Waals surface area contributed by atoms with Gasteiger partial charge < -0.3 is 11.1 Å². The van der Waals surface area contributed by atoms with Crippen LogP contribution in [0.3, 0.4) is 0 Å². The van der Waals surface area contributed by atoms with Gasteiger partial charge in [-0.3, -0.25) is 4.79 Å². The van der Waals surface area contributed by atoms with Gasteiger partial charge in [0.05, 0.1) is 0 Å². The van der Waals surface area contributed by atoms with E-state index in [1.165, 1.54) is 12.8 Å². The molecule has 2 fully saturated rings. The molecule has 3 nitrogen and oxygen atoms in total. The summed E-state index contributed by atoms with van der Waals surface area (Å²) in [5, 5.41) is 3.24. The lowest BCUT2D eigenvalue weighted by Crippen LogP contribution is -2.44. The zero-order chi connectivity index (χ0) is 11.8. The van der Waals surface area contributed by atoms with Gasteiger partial charge in [0, 0.05) is 18.0 Å². The van der Waals surface area contributed by atoms with Gasteiger partial charge in [-0.1, -0.05) is 20.3 Å². The Balaban J connectivity index is 1.87. The molecule has 1 amide bonds. The molecule has 0 aromatic heterocycles. The van der Waals surface area contributed by atoms with Gasteiger partial charge in [0.15, 0.2) is 0 Å². The van der Waals surface area contributed by atoms with E-state index in [0.29, 0.717) is 6.04 Å². The zero-order valence-electron chi connectivity index (χ0n) is 10.5. The highest BCUT2D eigenvalue weighted by Gasteiger charge is 2.37. The van der Waals surface area contributed by atoms with Crippen molar-refractivity contribution in [3.05, 3.63) is 0 Å². The third kappa shape index (κ3) is 2.40. The van der Waals surface area contributed by atoms with Gasteiger partial charge in [0.1, 0.15) is 0 Å². The number of nitrogens with one attached hydrogen (secondary N) is 1. The minimum Gasteiger partial charge on any atom is -0.353 e. The Morgan fingerprint density at radius 3 is 2.56 bits per heavy atom. The molecule has 3 unspecified atom stereocenters. The molecular weight excluding hydrogens is 200 g/mol. The Hall–Kier alpha value is -0.570. The maximum atomic E-state index is 12.1. The molecule has 0 radical (unpaired) electrons. The first-order valence-electron chi connectivity index (χ1n) is 6.55. The van der Waals surface area contributed by atoms with E-state index in [2.05, 4.69) is 19.2 Å². The molecule has 3 atom stereocenters. The van der Waals surface area contributed by atoms with Crippen molar-refractivity contribution in [3.8, 4) is 0 Å². The van der Waals surface area contributed by atoms with Crippen LogP contribution in [0.25, 0.3) is 0 Å². The van der Waals surface area contributed by atoms with E-state index in [1.54, 1.807) is 0 Å². The third-order valence-corrected chi connectivity index (χ3v) is 4.42. The summed E-state index contributed by atoms with van der Waals surface area (Å²) in [6.07, 6.45) is 6.45. The van der Waals surface area contributed by atoms with E-state index in [1.807, 2.05) is 0 Å². The van der Waals surface area contributed by atoms with Crippen molar-refractivity contribution in [1.29, 1.82) is 0 Å². The molecular formula is C13H24N2O. The largest absolute Gasteiger partial charge is 0.353 e. The second-order valence-corrected chi connectivity index (χ2v) is 6.21. The lowest BCUT2D eigenvalue weighted by molar-refractivity contribution is -0.126. The molecule has 3 heteroatoms. The maximum absolute atomic E-state index is 12.1. The summed E-state index contributed by atoms with van der Waals surface area (Å²) >= 11 is 0. The highest BCUT2D eigenvalue weighted by molar-refractivity contribution is 5.79. The number of rotatable bonds is 2. The number of hydrogen-bond acceptors (Lipinski definition) is 2. The van der Waals surface area contributed by atoms with Crippen LogP contribution in [0, 0.1) is 11.3 Å². The molecule has 3 N–H and O–H groups in total. The topological polar surface area (TPSA) is 55.1 Å². The fourth-order valence-corrected chi connectivity index (χ4v) is 3.14. The van der Waals surface area contributed by atoms with Crippen molar-refractivity contribution >= 4 is 5.91 Å². The summed E-state index contributed by atoms with van der Waals surface area (Å²) in [5.74, 6) is 0.416. The second kappa shape index (κ2) is 4.36. The summed E-state index contributed by atoms with van der Waals surface area (Å²) in [5.41, 5.74) is 6.12.